The van der Waals surface area contributed by atoms with E-state index in [-0.39, 0.29) is 24.5 Å². The first-order chi connectivity index (χ1) is 8.13. The van der Waals surface area contributed by atoms with Crippen LogP contribution in [0, 0.1) is 5.92 Å². The van der Waals surface area contributed by atoms with Crippen LogP contribution in [0.25, 0.3) is 0 Å². The summed E-state index contributed by atoms with van der Waals surface area (Å²) in [7, 11) is 0. The highest BCUT2D eigenvalue weighted by Crippen LogP contribution is 2.35. The quantitative estimate of drug-likeness (QED) is 0.815. The van der Waals surface area contributed by atoms with Crippen LogP contribution >= 0.6 is 0 Å². The van der Waals surface area contributed by atoms with E-state index in [4.69, 9.17) is 0 Å². The summed E-state index contributed by atoms with van der Waals surface area (Å²) in [6.07, 6.45) is 4.26. The van der Waals surface area contributed by atoms with Crippen LogP contribution in [0.1, 0.15) is 43.2 Å². The molecule has 0 unspecified atom stereocenters. The lowest BCUT2D eigenvalue weighted by Gasteiger charge is -2.20. The molecule has 1 saturated carbocycles. The third-order valence-corrected chi connectivity index (χ3v) is 3.27. The van der Waals surface area contributed by atoms with Gasteiger partial charge in [-0.25, -0.2) is 0 Å². The number of hydrogen-bond donors (Lipinski definition) is 2. The standard InChI is InChI=1S/C13H20N2O2/c1-9(2)11(8-16)14-13(17)12-4-3-7-15(12)10-5-6-10/h3-4,7,9-11,16H,5-6,8H2,1-2H3,(H,14,17)/t11-/m1/s1. The summed E-state index contributed by atoms with van der Waals surface area (Å²) in [5, 5.41) is 12.1. The maximum absolute atomic E-state index is 12.1. The van der Waals surface area contributed by atoms with Gasteiger partial charge in [-0.3, -0.25) is 4.79 Å². The van der Waals surface area contributed by atoms with Crippen molar-refractivity contribution >= 4 is 5.91 Å². The Morgan fingerprint density at radius 3 is 2.82 bits per heavy atom. The second-order valence-electron chi connectivity index (χ2n) is 5.04. The molecule has 0 radical (unpaired) electrons. The number of carbonyl (C=O) groups is 1. The van der Waals surface area contributed by atoms with Crippen molar-refractivity contribution in [1.29, 1.82) is 0 Å². The summed E-state index contributed by atoms with van der Waals surface area (Å²) in [5.41, 5.74) is 0.701. The van der Waals surface area contributed by atoms with E-state index in [0.717, 1.165) is 12.8 Å². The molecule has 4 nitrogen and oxygen atoms in total. The maximum atomic E-state index is 12.1. The van der Waals surface area contributed by atoms with Gasteiger partial charge < -0.3 is 15.0 Å². The highest BCUT2D eigenvalue weighted by atomic mass is 16.3. The predicted octanol–water partition coefficient (Wildman–Crippen LogP) is 1.57. The van der Waals surface area contributed by atoms with Gasteiger partial charge in [0.25, 0.3) is 5.91 Å². The van der Waals surface area contributed by atoms with E-state index in [1.807, 2.05) is 36.7 Å². The van der Waals surface area contributed by atoms with Gasteiger partial charge in [0.1, 0.15) is 5.69 Å². The molecule has 1 aliphatic carbocycles. The monoisotopic (exact) mass is 236 g/mol. The first kappa shape index (κ1) is 12.2. The van der Waals surface area contributed by atoms with E-state index in [2.05, 4.69) is 5.32 Å². The molecule has 1 amide bonds. The number of rotatable bonds is 5. The van der Waals surface area contributed by atoms with Gasteiger partial charge in [0.15, 0.2) is 0 Å². The molecule has 0 spiro atoms. The van der Waals surface area contributed by atoms with E-state index < -0.39 is 0 Å². The Balaban J connectivity index is 2.06. The first-order valence-electron chi connectivity index (χ1n) is 6.22. The zero-order chi connectivity index (χ0) is 12.4. The van der Waals surface area contributed by atoms with Gasteiger partial charge in [-0.1, -0.05) is 13.8 Å². The van der Waals surface area contributed by atoms with Gasteiger partial charge in [0, 0.05) is 12.2 Å². The Kier molecular flexibility index (Phi) is 3.52. The van der Waals surface area contributed by atoms with Crippen LogP contribution in [0.3, 0.4) is 0 Å². The third kappa shape index (κ3) is 2.69. The minimum absolute atomic E-state index is 0.0203. The fraction of sp³-hybridized carbons (Fsp3) is 0.615. The molecular weight excluding hydrogens is 216 g/mol. The zero-order valence-electron chi connectivity index (χ0n) is 10.4. The summed E-state index contributed by atoms with van der Waals surface area (Å²) in [6, 6.07) is 4.06. The van der Waals surface area contributed by atoms with Crippen molar-refractivity contribution in [3.8, 4) is 0 Å². The summed E-state index contributed by atoms with van der Waals surface area (Å²) >= 11 is 0. The van der Waals surface area contributed by atoms with Crippen LogP contribution in [-0.2, 0) is 0 Å². The summed E-state index contributed by atoms with van der Waals surface area (Å²) in [5.74, 6) is 0.142. The molecule has 0 aromatic carbocycles. The molecule has 94 valence electrons. The molecule has 2 rings (SSSR count). The lowest BCUT2D eigenvalue weighted by Crippen LogP contribution is -2.41. The Hall–Kier alpha value is -1.29. The number of nitrogens with zero attached hydrogens (tertiary/aromatic N) is 1. The molecule has 0 aliphatic heterocycles. The third-order valence-electron chi connectivity index (χ3n) is 3.27. The van der Waals surface area contributed by atoms with Crippen molar-refractivity contribution < 1.29 is 9.90 Å². The minimum atomic E-state index is -0.176. The summed E-state index contributed by atoms with van der Waals surface area (Å²) in [4.78, 5) is 12.1. The van der Waals surface area contributed by atoms with Gasteiger partial charge in [-0.2, -0.15) is 0 Å². The number of amides is 1. The molecule has 1 aromatic rings. The number of hydrogen-bond acceptors (Lipinski definition) is 2. The first-order valence-corrected chi connectivity index (χ1v) is 6.22. The molecule has 0 saturated heterocycles. The van der Waals surface area contributed by atoms with Crippen LogP contribution < -0.4 is 5.32 Å². The van der Waals surface area contributed by atoms with Crippen LogP contribution in [0.2, 0.25) is 0 Å². The topological polar surface area (TPSA) is 54.3 Å². The summed E-state index contributed by atoms with van der Waals surface area (Å²) < 4.78 is 2.03. The van der Waals surface area contributed by atoms with E-state index in [1.165, 1.54) is 0 Å². The zero-order valence-corrected chi connectivity index (χ0v) is 10.4. The fourth-order valence-electron chi connectivity index (χ4n) is 1.92. The van der Waals surface area contributed by atoms with Crippen molar-refractivity contribution in [3.05, 3.63) is 24.0 Å². The Morgan fingerprint density at radius 1 is 1.59 bits per heavy atom. The largest absolute Gasteiger partial charge is 0.394 e. The normalized spacial score (nSPS) is 17.2. The Morgan fingerprint density at radius 2 is 2.29 bits per heavy atom. The number of nitrogens with one attached hydrogen (secondary N) is 1. The molecule has 2 N–H and O–H groups in total. The molecule has 0 bridgehead atoms. The van der Waals surface area contributed by atoms with Crippen molar-refractivity contribution in [2.45, 2.75) is 38.8 Å². The number of carbonyl (C=O) groups excluding carboxylic acids is 1. The van der Waals surface area contributed by atoms with Crippen LogP contribution in [-0.4, -0.2) is 28.2 Å². The molecule has 1 aliphatic rings. The van der Waals surface area contributed by atoms with Crippen molar-refractivity contribution in [1.82, 2.24) is 9.88 Å². The van der Waals surface area contributed by atoms with Gasteiger partial charge in [0.2, 0.25) is 0 Å². The molecule has 1 aromatic heterocycles. The van der Waals surface area contributed by atoms with E-state index in [1.54, 1.807) is 0 Å². The van der Waals surface area contributed by atoms with Gasteiger partial charge in [-0.15, -0.1) is 0 Å². The average Bonchev–Trinajstić information content (AvgIpc) is 3.03. The lowest BCUT2D eigenvalue weighted by atomic mass is 10.1. The number of aromatic nitrogens is 1. The molecule has 17 heavy (non-hydrogen) atoms. The van der Waals surface area contributed by atoms with Crippen molar-refractivity contribution in [2.75, 3.05) is 6.61 Å². The molecule has 1 heterocycles. The van der Waals surface area contributed by atoms with Crippen LogP contribution in [0.15, 0.2) is 18.3 Å². The Labute approximate surface area is 102 Å². The van der Waals surface area contributed by atoms with E-state index >= 15 is 0 Å². The molecule has 4 heteroatoms. The Bertz CT molecular complexity index is 394. The van der Waals surface area contributed by atoms with Gasteiger partial charge in [0.05, 0.1) is 12.6 Å². The second kappa shape index (κ2) is 4.92. The molecule has 1 fully saturated rings. The minimum Gasteiger partial charge on any atom is -0.394 e. The SMILES string of the molecule is CC(C)[C@@H](CO)NC(=O)c1cccn1C1CC1. The van der Waals surface area contributed by atoms with E-state index in [9.17, 15) is 9.90 Å². The highest BCUT2D eigenvalue weighted by molar-refractivity contribution is 5.93. The lowest BCUT2D eigenvalue weighted by molar-refractivity contribution is 0.0887. The van der Waals surface area contributed by atoms with Crippen molar-refractivity contribution in [2.24, 2.45) is 5.92 Å². The fourth-order valence-corrected chi connectivity index (χ4v) is 1.92. The highest BCUT2D eigenvalue weighted by Gasteiger charge is 2.27. The number of aliphatic hydroxyl groups excluding tert-OH is 1. The average molecular weight is 236 g/mol. The smallest absolute Gasteiger partial charge is 0.268 e. The second-order valence-corrected chi connectivity index (χ2v) is 5.04. The summed E-state index contributed by atoms with van der Waals surface area (Å²) in [6.45, 7) is 3.95. The predicted molar refractivity (Wildman–Crippen MR) is 65.9 cm³/mol. The van der Waals surface area contributed by atoms with Gasteiger partial charge in [-0.05, 0) is 30.9 Å². The van der Waals surface area contributed by atoms with E-state index in [0.29, 0.717) is 11.7 Å². The molecular formula is C13H20N2O2. The van der Waals surface area contributed by atoms with Crippen LogP contribution in [0.5, 0.6) is 0 Å². The maximum Gasteiger partial charge on any atom is 0.268 e. The van der Waals surface area contributed by atoms with Crippen LogP contribution in [0.4, 0.5) is 0 Å². The van der Waals surface area contributed by atoms with Crippen molar-refractivity contribution in [3.63, 3.8) is 0 Å². The molecule has 1 atom stereocenters. The number of aliphatic hydroxyl groups is 1. The van der Waals surface area contributed by atoms with Gasteiger partial charge >= 0.3 is 0 Å².